The summed E-state index contributed by atoms with van der Waals surface area (Å²) in [5, 5.41) is 0. The maximum atomic E-state index is 3.85. The fourth-order valence-corrected chi connectivity index (χ4v) is 0.731. The van der Waals surface area contributed by atoms with Crippen molar-refractivity contribution >= 4 is 0 Å². The van der Waals surface area contributed by atoms with Crippen molar-refractivity contribution in [2.75, 3.05) is 0 Å². The predicted molar refractivity (Wildman–Crippen MR) is 47.8 cm³/mol. The van der Waals surface area contributed by atoms with Crippen molar-refractivity contribution in [3.63, 3.8) is 0 Å². The highest BCUT2D eigenvalue weighted by Gasteiger charge is 1.92. The van der Waals surface area contributed by atoms with Crippen molar-refractivity contribution in [3.8, 4) is 0 Å². The number of unbranched alkanes of at least 4 members (excludes halogenated alkanes) is 1. The molecule has 1 unspecified atom stereocenters. The van der Waals surface area contributed by atoms with Crippen molar-refractivity contribution in [1.82, 2.24) is 0 Å². The van der Waals surface area contributed by atoms with E-state index in [9.17, 15) is 0 Å². The molecule has 0 amide bonds. The number of hydrogen-bond donors (Lipinski definition) is 0. The van der Waals surface area contributed by atoms with E-state index < -0.39 is 0 Å². The van der Waals surface area contributed by atoms with Crippen LogP contribution in [0.25, 0.3) is 0 Å². The molecule has 1 radical (unpaired) electrons. The molecule has 0 N–H and O–H groups in total. The smallest absolute Gasteiger partial charge is 0.0325 e. The van der Waals surface area contributed by atoms with E-state index >= 15 is 0 Å². The van der Waals surface area contributed by atoms with E-state index in [2.05, 4.69) is 32.9 Å². The van der Waals surface area contributed by atoms with Crippen molar-refractivity contribution < 1.29 is 0 Å². The molecule has 0 nitrogen and oxygen atoms in total. The number of allylic oxidation sites excluding steroid dienone is 2. The Morgan fingerprint density at radius 1 is 1.40 bits per heavy atom. The Kier molecular flexibility index (Phi) is 6.68. The molecule has 0 heterocycles. The highest BCUT2D eigenvalue weighted by Crippen LogP contribution is 2.06. The van der Waals surface area contributed by atoms with Gasteiger partial charge in [0, 0.05) is 0 Å². The van der Waals surface area contributed by atoms with Crippen LogP contribution in [0.1, 0.15) is 39.5 Å². The average Bonchev–Trinajstić information content (AvgIpc) is 1.98. The largest absolute Gasteiger partial charge is 0.0885 e. The average molecular weight is 139 g/mol. The van der Waals surface area contributed by atoms with E-state index in [-0.39, 0.29) is 0 Å². The molecule has 0 rings (SSSR count). The van der Waals surface area contributed by atoms with Gasteiger partial charge in [0.15, 0.2) is 0 Å². The maximum absolute atomic E-state index is 3.85. The second-order valence-corrected chi connectivity index (χ2v) is 2.89. The van der Waals surface area contributed by atoms with E-state index in [0.29, 0.717) is 0 Å². The fraction of sp³-hybridized carbons (Fsp3) is 0.700. The summed E-state index contributed by atoms with van der Waals surface area (Å²) >= 11 is 0. The van der Waals surface area contributed by atoms with E-state index in [1.165, 1.54) is 19.3 Å². The Labute approximate surface area is 65.3 Å². The molecule has 0 saturated carbocycles. The summed E-state index contributed by atoms with van der Waals surface area (Å²) in [5.41, 5.74) is 0. The molecule has 0 heteroatoms. The van der Waals surface area contributed by atoms with Crippen molar-refractivity contribution in [3.05, 3.63) is 19.1 Å². The van der Waals surface area contributed by atoms with Gasteiger partial charge in [-0.1, -0.05) is 45.8 Å². The summed E-state index contributed by atoms with van der Waals surface area (Å²) in [6.07, 6.45) is 9.28. The van der Waals surface area contributed by atoms with Gasteiger partial charge >= 0.3 is 0 Å². The molecule has 0 aliphatic rings. The minimum absolute atomic E-state index is 0.758. The van der Waals surface area contributed by atoms with Crippen LogP contribution >= 0.6 is 0 Å². The van der Waals surface area contributed by atoms with Crippen molar-refractivity contribution in [1.29, 1.82) is 0 Å². The zero-order chi connectivity index (χ0) is 7.82. The summed E-state index contributed by atoms with van der Waals surface area (Å²) in [4.78, 5) is 0. The molecule has 0 aliphatic heterocycles. The number of hydrogen-bond acceptors (Lipinski definition) is 0. The quantitative estimate of drug-likeness (QED) is 0.510. The molecule has 0 bridgehead atoms. The molecule has 0 aliphatic carbocycles. The Bertz CT molecular complexity index is 82.0. The molecule has 0 fully saturated rings. The first-order chi connectivity index (χ1) is 4.81. The Morgan fingerprint density at radius 2 is 2.10 bits per heavy atom. The molecule has 0 aromatic heterocycles. The molecule has 0 spiro atoms. The normalized spacial score (nSPS) is 14.3. The van der Waals surface area contributed by atoms with Gasteiger partial charge in [0.25, 0.3) is 0 Å². The van der Waals surface area contributed by atoms with E-state index in [1.807, 2.05) is 0 Å². The zero-order valence-electron chi connectivity index (χ0n) is 7.27. The molecule has 0 aromatic rings. The summed E-state index contributed by atoms with van der Waals surface area (Å²) in [6.45, 7) is 8.29. The van der Waals surface area contributed by atoms with Crippen LogP contribution in [-0.2, 0) is 0 Å². The van der Waals surface area contributed by atoms with Crippen LogP contribution in [0.4, 0.5) is 0 Å². The first-order valence-corrected chi connectivity index (χ1v) is 4.25. The van der Waals surface area contributed by atoms with Crippen LogP contribution in [0.5, 0.6) is 0 Å². The third-order valence-corrected chi connectivity index (χ3v) is 1.65. The highest BCUT2D eigenvalue weighted by molar-refractivity contribution is 4.82. The van der Waals surface area contributed by atoms with Crippen LogP contribution in [-0.4, -0.2) is 0 Å². The fourth-order valence-electron chi connectivity index (χ4n) is 0.731. The van der Waals surface area contributed by atoms with Gasteiger partial charge < -0.3 is 0 Å². The predicted octanol–water partition coefficient (Wildman–Crippen LogP) is 3.59. The third kappa shape index (κ3) is 5.87. The first kappa shape index (κ1) is 9.74. The van der Waals surface area contributed by atoms with Gasteiger partial charge in [-0.3, -0.25) is 0 Å². The third-order valence-electron chi connectivity index (χ3n) is 1.65. The van der Waals surface area contributed by atoms with Crippen molar-refractivity contribution in [2.24, 2.45) is 5.92 Å². The monoisotopic (exact) mass is 139 g/mol. The van der Waals surface area contributed by atoms with Crippen LogP contribution in [0.2, 0.25) is 0 Å². The SMILES string of the molecule is [CH2]CC(C)C/C=C/CCC. The minimum atomic E-state index is 0.758. The highest BCUT2D eigenvalue weighted by atomic mass is 14.0. The standard InChI is InChI=1S/C10H19/c1-4-6-7-8-9-10(3)5-2/h7-8,10H,2,4-6,9H2,1,3H3/b8-7+. The molecule has 0 aromatic carbocycles. The van der Waals surface area contributed by atoms with Gasteiger partial charge in [0.1, 0.15) is 0 Å². The molecular weight excluding hydrogens is 120 g/mol. The molecule has 1 atom stereocenters. The van der Waals surface area contributed by atoms with E-state index in [4.69, 9.17) is 0 Å². The van der Waals surface area contributed by atoms with Gasteiger partial charge in [0.2, 0.25) is 0 Å². The summed E-state index contributed by atoms with van der Waals surface area (Å²) in [7, 11) is 0. The summed E-state index contributed by atoms with van der Waals surface area (Å²) < 4.78 is 0. The summed E-state index contributed by atoms with van der Waals surface area (Å²) in [5.74, 6) is 0.758. The van der Waals surface area contributed by atoms with Crippen LogP contribution in [0.3, 0.4) is 0 Å². The molecular formula is C10H19. The lowest BCUT2D eigenvalue weighted by Crippen LogP contribution is -1.87. The Morgan fingerprint density at radius 3 is 2.60 bits per heavy atom. The molecule has 59 valence electrons. The first-order valence-electron chi connectivity index (χ1n) is 4.25. The Hall–Kier alpha value is -0.260. The second-order valence-electron chi connectivity index (χ2n) is 2.89. The molecule has 10 heavy (non-hydrogen) atoms. The lowest BCUT2D eigenvalue weighted by Gasteiger charge is -2.01. The zero-order valence-corrected chi connectivity index (χ0v) is 7.27. The summed E-state index contributed by atoms with van der Waals surface area (Å²) in [6, 6.07) is 0. The van der Waals surface area contributed by atoms with Gasteiger partial charge in [-0.05, 0) is 18.8 Å². The van der Waals surface area contributed by atoms with E-state index in [0.717, 1.165) is 12.3 Å². The van der Waals surface area contributed by atoms with Gasteiger partial charge in [-0.25, -0.2) is 0 Å². The molecule has 0 saturated heterocycles. The second kappa shape index (κ2) is 6.85. The van der Waals surface area contributed by atoms with Crippen molar-refractivity contribution in [2.45, 2.75) is 39.5 Å². The number of rotatable bonds is 5. The lowest BCUT2D eigenvalue weighted by molar-refractivity contribution is 0.600. The van der Waals surface area contributed by atoms with Gasteiger partial charge in [-0.15, -0.1) is 0 Å². The lowest BCUT2D eigenvalue weighted by atomic mass is 10.1. The minimum Gasteiger partial charge on any atom is -0.0885 e. The van der Waals surface area contributed by atoms with Crippen LogP contribution in [0.15, 0.2) is 12.2 Å². The van der Waals surface area contributed by atoms with E-state index in [1.54, 1.807) is 0 Å². The maximum Gasteiger partial charge on any atom is -0.0325 e. The van der Waals surface area contributed by atoms with Crippen LogP contribution < -0.4 is 0 Å². The van der Waals surface area contributed by atoms with Gasteiger partial charge in [0.05, 0.1) is 0 Å². The topological polar surface area (TPSA) is 0 Å². The Balaban J connectivity index is 3.16. The van der Waals surface area contributed by atoms with Gasteiger partial charge in [-0.2, -0.15) is 0 Å². The van der Waals surface area contributed by atoms with Crippen LogP contribution in [0, 0.1) is 12.8 Å².